The highest BCUT2D eigenvalue weighted by atomic mass is 35.5. The van der Waals surface area contributed by atoms with Gasteiger partial charge >= 0.3 is 0 Å². The number of carbonyl (C=O) groups excluding carboxylic acids is 2. The van der Waals surface area contributed by atoms with Crippen molar-refractivity contribution >= 4 is 23.4 Å². The summed E-state index contributed by atoms with van der Waals surface area (Å²) in [5.41, 5.74) is 3.08. The lowest BCUT2D eigenvalue weighted by Gasteiger charge is -2.44. The molecule has 0 spiro atoms. The third-order valence-electron chi connectivity index (χ3n) is 3.94. The molecule has 0 aliphatic carbocycles. The third kappa shape index (κ3) is 2.94. The van der Waals surface area contributed by atoms with Gasteiger partial charge in [-0.1, -0.05) is 18.2 Å². The van der Waals surface area contributed by atoms with Crippen molar-refractivity contribution in [1.82, 2.24) is 10.4 Å². The molecular weight excluding hydrogens is 348 g/mol. The van der Waals surface area contributed by atoms with E-state index in [1.54, 1.807) is 24.3 Å². The van der Waals surface area contributed by atoms with Crippen molar-refractivity contribution in [1.29, 1.82) is 0 Å². The van der Waals surface area contributed by atoms with Crippen LogP contribution in [-0.2, 0) is 4.79 Å². The first-order valence-corrected chi connectivity index (χ1v) is 7.80. The van der Waals surface area contributed by atoms with Crippen molar-refractivity contribution in [2.24, 2.45) is 0 Å². The molecule has 0 aromatic heterocycles. The fourth-order valence-electron chi connectivity index (χ4n) is 2.61. The molecule has 0 radical (unpaired) electrons. The van der Waals surface area contributed by atoms with Crippen LogP contribution in [0.2, 0.25) is 0 Å². The largest absolute Gasteiger partial charge is 0.507 e. The number of phenolic OH excluding ortho intramolecular Hbond substituents is 2. The van der Waals surface area contributed by atoms with Gasteiger partial charge in [0.25, 0.3) is 11.8 Å². The van der Waals surface area contributed by atoms with E-state index < -0.39 is 23.2 Å². The number of hydrazine groups is 1. The van der Waals surface area contributed by atoms with Crippen LogP contribution in [-0.4, -0.2) is 39.5 Å². The molecule has 2 aromatic rings. The summed E-state index contributed by atoms with van der Waals surface area (Å²) in [7, 11) is 1.40. The summed E-state index contributed by atoms with van der Waals surface area (Å²) in [4.78, 5) is 24.4. The van der Waals surface area contributed by atoms with E-state index in [4.69, 9.17) is 16.3 Å². The molecule has 0 saturated carbocycles. The molecule has 1 aliphatic heterocycles. The normalized spacial score (nSPS) is 19.3. The number of para-hydroxylation sites is 1. The first-order valence-electron chi connectivity index (χ1n) is 7.37. The first kappa shape index (κ1) is 16.9. The van der Waals surface area contributed by atoms with E-state index in [0.29, 0.717) is 5.56 Å². The molecular formula is C17H15ClN2O5. The number of halogens is 1. The molecule has 7 nitrogen and oxygen atoms in total. The molecule has 0 bridgehead atoms. The van der Waals surface area contributed by atoms with Crippen LogP contribution >= 0.6 is 11.6 Å². The molecule has 8 heteroatoms. The maximum absolute atomic E-state index is 12.3. The molecule has 25 heavy (non-hydrogen) atoms. The van der Waals surface area contributed by atoms with Gasteiger partial charge in [0.2, 0.25) is 0 Å². The topological polar surface area (TPSA) is 99.1 Å². The lowest BCUT2D eigenvalue weighted by molar-refractivity contribution is -0.149. The Bertz CT molecular complexity index is 842. The Morgan fingerprint density at radius 1 is 1.20 bits per heavy atom. The van der Waals surface area contributed by atoms with Crippen LogP contribution in [0.25, 0.3) is 0 Å². The number of hydrogen-bond donors (Lipinski definition) is 3. The molecule has 0 unspecified atom stereocenters. The number of nitrogens with zero attached hydrogens (tertiary/aromatic N) is 1. The van der Waals surface area contributed by atoms with Crippen LogP contribution in [0.5, 0.6) is 17.2 Å². The van der Waals surface area contributed by atoms with Gasteiger partial charge in [-0.2, -0.15) is 0 Å². The number of carbonyl (C=O) groups is 2. The fourth-order valence-corrected chi connectivity index (χ4v) is 2.97. The lowest BCUT2D eigenvalue weighted by Crippen LogP contribution is -2.63. The number of rotatable bonds is 4. The molecule has 3 rings (SSSR count). The molecule has 1 aliphatic rings. The summed E-state index contributed by atoms with van der Waals surface area (Å²) >= 11 is 6.10. The maximum Gasteiger partial charge on any atom is 0.273 e. The van der Waals surface area contributed by atoms with Gasteiger partial charge in [0, 0.05) is 0 Å². The molecule has 1 heterocycles. The average molecular weight is 363 g/mol. The van der Waals surface area contributed by atoms with Gasteiger partial charge in [-0.15, -0.1) is 11.6 Å². The van der Waals surface area contributed by atoms with Crippen LogP contribution in [0.4, 0.5) is 0 Å². The lowest BCUT2D eigenvalue weighted by atomic mass is 9.95. The predicted octanol–water partition coefficient (Wildman–Crippen LogP) is 1.94. The smallest absolute Gasteiger partial charge is 0.273 e. The zero-order valence-corrected chi connectivity index (χ0v) is 13.9. The van der Waals surface area contributed by atoms with Crippen molar-refractivity contribution < 1.29 is 24.5 Å². The highest BCUT2D eigenvalue weighted by molar-refractivity contribution is 6.33. The van der Waals surface area contributed by atoms with Crippen molar-refractivity contribution in [2.45, 2.75) is 11.4 Å². The van der Waals surface area contributed by atoms with Crippen LogP contribution in [0, 0.1) is 0 Å². The van der Waals surface area contributed by atoms with E-state index in [0.717, 1.165) is 5.01 Å². The number of phenols is 2. The van der Waals surface area contributed by atoms with E-state index >= 15 is 0 Å². The SMILES string of the molecule is COc1cc([C@@H]2[C@@H](Cl)C(=O)N2NC(=O)c2ccccc2O)ccc1O. The van der Waals surface area contributed by atoms with Crippen LogP contribution in [0.15, 0.2) is 42.5 Å². The molecule has 1 saturated heterocycles. The van der Waals surface area contributed by atoms with E-state index in [1.165, 1.54) is 25.3 Å². The zero-order valence-electron chi connectivity index (χ0n) is 13.1. The Morgan fingerprint density at radius 2 is 1.92 bits per heavy atom. The van der Waals surface area contributed by atoms with Crippen LogP contribution in [0.3, 0.4) is 0 Å². The number of β-lactam (4-membered cyclic amide) rings is 1. The number of aromatic hydroxyl groups is 2. The van der Waals surface area contributed by atoms with Crippen LogP contribution in [0.1, 0.15) is 22.0 Å². The number of hydrogen-bond acceptors (Lipinski definition) is 5. The van der Waals surface area contributed by atoms with Crippen LogP contribution < -0.4 is 10.2 Å². The quantitative estimate of drug-likeness (QED) is 0.570. The highest BCUT2D eigenvalue weighted by Gasteiger charge is 2.48. The minimum absolute atomic E-state index is 0.0374. The number of amides is 2. The summed E-state index contributed by atoms with van der Waals surface area (Å²) in [6.45, 7) is 0. The summed E-state index contributed by atoms with van der Waals surface area (Å²) in [5.74, 6) is -1.12. The van der Waals surface area contributed by atoms with Gasteiger partial charge in [0.1, 0.15) is 17.2 Å². The van der Waals surface area contributed by atoms with Gasteiger partial charge in [0.05, 0.1) is 12.7 Å². The zero-order chi connectivity index (χ0) is 18.1. The maximum atomic E-state index is 12.3. The average Bonchev–Trinajstić information content (AvgIpc) is 2.62. The van der Waals surface area contributed by atoms with Gasteiger partial charge in [-0.3, -0.25) is 15.0 Å². The standard InChI is InChI=1S/C17H15ClN2O5/c1-25-13-8-9(6-7-12(13)22)15-14(18)17(24)20(15)19-16(23)10-4-2-3-5-11(10)21/h2-8,14-15,21-22H,1H3,(H,19,23)/t14-,15-/m1/s1. The number of ether oxygens (including phenoxy) is 1. The van der Waals surface area contributed by atoms with Gasteiger partial charge in [-0.25, -0.2) is 5.01 Å². The first-order chi connectivity index (χ1) is 11.9. The second-order valence-corrected chi connectivity index (χ2v) is 5.91. The summed E-state index contributed by atoms with van der Waals surface area (Å²) in [6.07, 6.45) is 0. The Labute approximate surface area is 148 Å². The molecule has 130 valence electrons. The Balaban J connectivity index is 1.84. The predicted molar refractivity (Wildman–Crippen MR) is 89.5 cm³/mol. The third-order valence-corrected chi connectivity index (χ3v) is 4.37. The summed E-state index contributed by atoms with van der Waals surface area (Å²) in [6, 6.07) is 9.91. The Morgan fingerprint density at radius 3 is 2.60 bits per heavy atom. The molecule has 3 N–H and O–H groups in total. The van der Waals surface area contributed by atoms with Crippen molar-refractivity contribution in [2.75, 3.05) is 7.11 Å². The molecule has 2 amide bonds. The second-order valence-electron chi connectivity index (χ2n) is 5.44. The number of nitrogens with one attached hydrogen (secondary N) is 1. The Kier molecular flexibility index (Phi) is 4.41. The number of methoxy groups -OCH3 is 1. The van der Waals surface area contributed by atoms with E-state index in [9.17, 15) is 19.8 Å². The molecule has 1 fully saturated rings. The minimum Gasteiger partial charge on any atom is -0.507 e. The van der Waals surface area contributed by atoms with Crippen molar-refractivity contribution in [3.63, 3.8) is 0 Å². The fraction of sp³-hybridized carbons (Fsp3) is 0.176. The second kappa shape index (κ2) is 6.52. The molecule has 2 aromatic carbocycles. The van der Waals surface area contributed by atoms with E-state index in [-0.39, 0.29) is 22.8 Å². The van der Waals surface area contributed by atoms with Gasteiger partial charge in [-0.05, 0) is 29.8 Å². The summed E-state index contributed by atoms with van der Waals surface area (Å²) in [5, 5.41) is 19.7. The van der Waals surface area contributed by atoms with Gasteiger partial charge in [0.15, 0.2) is 11.5 Å². The number of benzene rings is 2. The van der Waals surface area contributed by atoms with Gasteiger partial charge < -0.3 is 14.9 Å². The van der Waals surface area contributed by atoms with Crippen molar-refractivity contribution in [3.8, 4) is 17.2 Å². The summed E-state index contributed by atoms with van der Waals surface area (Å²) < 4.78 is 5.05. The van der Waals surface area contributed by atoms with E-state index in [2.05, 4.69) is 5.43 Å². The minimum atomic E-state index is -0.862. The highest BCUT2D eigenvalue weighted by Crippen LogP contribution is 2.40. The van der Waals surface area contributed by atoms with Crippen molar-refractivity contribution in [3.05, 3.63) is 53.6 Å². The monoisotopic (exact) mass is 362 g/mol. The number of alkyl halides is 1. The Hall–Kier alpha value is -2.93. The molecule has 2 atom stereocenters. The van der Waals surface area contributed by atoms with E-state index in [1.807, 2.05) is 0 Å².